The molecular weight excluding hydrogens is 390 g/mol. The lowest BCUT2D eigenvalue weighted by Crippen LogP contribution is -2.55. The molecule has 4 aliphatic rings. The fourth-order valence-electron chi connectivity index (χ4n) is 5.02. The fraction of sp³-hybridized carbons (Fsp3) is 0.400. The second-order valence-electron chi connectivity index (χ2n) is 7.79. The van der Waals surface area contributed by atoms with Gasteiger partial charge < -0.3 is 30.7 Å². The summed E-state index contributed by atoms with van der Waals surface area (Å²) in [4.78, 5) is 44.2. The van der Waals surface area contributed by atoms with Crippen molar-refractivity contribution in [2.75, 3.05) is 25.6 Å². The van der Waals surface area contributed by atoms with E-state index in [0.717, 1.165) is 0 Å². The average molecular weight is 411 g/mol. The number of ether oxygens (including phenoxy) is 2. The van der Waals surface area contributed by atoms with Crippen LogP contribution in [0, 0.1) is 5.92 Å². The second kappa shape index (κ2) is 6.38. The van der Waals surface area contributed by atoms with E-state index in [4.69, 9.17) is 15.2 Å². The maximum Gasteiger partial charge on any atom is 0.404 e. The molecule has 1 aromatic heterocycles. The highest BCUT2D eigenvalue weighted by atomic mass is 16.6. The average Bonchev–Trinajstić information content (AvgIpc) is 3.35. The first kappa shape index (κ1) is 18.8. The molecule has 0 bridgehead atoms. The van der Waals surface area contributed by atoms with Crippen molar-refractivity contribution >= 4 is 23.3 Å². The van der Waals surface area contributed by atoms with E-state index in [9.17, 15) is 14.4 Å². The molecule has 0 radical (unpaired) electrons. The van der Waals surface area contributed by atoms with Gasteiger partial charge in [0.05, 0.1) is 35.2 Å². The SMILES string of the molecule is COC12[C@@H]3N[C@@H]3CN1C1=C(C(=O)C(Nc3cccnc3)=C(C)C1=O)[C@@H]2COC(N)=O. The van der Waals surface area contributed by atoms with Crippen molar-refractivity contribution < 1.29 is 23.9 Å². The topological polar surface area (TPSA) is 146 Å². The maximum atomic E-state index is 13.6. The zero-order chi connectivity index (χ0) is 21.2. The minimum absolute atomic E-state index is 0.0785. The van der Waals surface area contributed by atoms with Crippen LogP contribution < -0.4 is 16.4 Å². The molecule has 156 valence electrons. The number of rotatable bonds is 5. The Bertz CT molecular complexity index is 1040. The molecule has 30 heavy (non-hydrogen) atoms. The number of aromatic nitrogens is 1. The smallest absolute Gasteiger partial charge is 0.404 e. The predicted octanol–water partition coefficient (Wildman–Crippen LogP) is -0.103. The van der Waals surface area contributed by atoms with Crippen LogP contribution in [0.15, 0.2) is 47.1 Å². The van der Waals surface area contributed by atoms with Crippen LogP contribution in [-0.4, -0.2) is 65.6 Å². The van der Waals surface area contributed by atoms with Crippen LogP contribution in [-0.2, 0) is 19.1 Å². The van der Waals surface area contributed by atoms with Gasteiger partial charge in [-0.05, 0) is 19.1 Å². The molecule has 1 aromatic rings. The monoisotopic (exact) mass is 411 g/mol. The van der Waals surface area contributed by atoms with E-state index < -0.39 is 17.7 Å². The normalized spacial score (nSPS) is 31.5. The summed E-state index contributed by atoms with van der Waals surface area (Å²) in [5.41, 5.74) is 5.90. The zero-order valence-corrected chi connectivity index (χ0v) is 16.5. The van der Waals surface area contributed by atoms with Gasteiger partial charge in [-0.1, -0.05) is 0 Å². The number of allylic oxidation sites excluding steroid dienone is 2. The number of anilines is 1. The van der Waals surface area contributed by atoms with Gasteiger partial charge in [0, 0.05) is 37.0 Å². The van der Waals surface area contributed by atoms with Crippen LogP contribution in [0.5, 0.6) is 0 Å². The van der Waals surface area contributed by atoms with Crippen molar-refractivity contribution in [2.45, 2.75) is 24.7 Å². The number of primary amides is 1. The Morgan fingerprint density at radius 2 is 2.23 bits per heavy atom. The van der Waals surface area contributed by atoms with E-state index in [2.05, 4.69) is 15.6 Å². The number of carbonyl (C=O) groups excluding carboxylic acids is 3. The molecule has 10 nitrogen and oxygen atoms in total. The summed E-state index contributed by atoms with van der Waals surface area (Å²) in [5, 5.41) is 6.36. The number of Topliss-reactive ketones (excluding diaryl/α,β-unsaturated/α-hetero) is 2. The summed E-state index contributed by atoms with van der Waals surface area (Å²) in [5.74, 6) is -1.24. The molecule has 3 aliphatic heterocycles. The zero-order valence-electron chi connectivity index (χ0n) is 16.5. The highest BCUT2D eigenvalue weighted by Gasteiger charge is 2.72. The van der Waals surface area contributed by atoms with Crippen molar-refractivity contribution in [3.63, 3.8) is 0 Å². The number of amides is 1. The van der Waals surface area contributed by atoms with Crippen LogP contribution in [0.3, 0.4) is 0 Å². The number of ketones is 2. The Balaban J connectivity index is 1.58. The van der Waals surface area contributed by atoms with Crippen LogP contribution >= 0.6 is 0 Å². The van der Waals surface area contributed by atoms with Crippen molar-refractivity contribution in [3.05, 3.63) is 47.1 Å². The number of methoxy groups -OCH3 is 1. The maximum absolute atomic E-state index is 13.6. The summed E-state index contributed by atoms with van der Waals surface area (Å²) in [6, 6.07) is 3.55. The van der Waals surface area contributed by atoms with Crippen LogP contribution in [0.1, 0.15) is 6.92 Å². The molecule has 1 unspecified atom stereocenters. The lowest BCUT2D eigenvalue weighted by Gasteiger charge is -2.39. The van der Waals surface area contributed by atoms with Gasteiger partial charge >= 0.3 is 6.09 Å². The molecule has 1 amide bonds. The number of nitrogens with zero attached hydrogens (tertiary/aromatic N) is 2. The number of carbonyl (C=O) groups is 3. The summed E-state index contributed by atoms with van der Waals surface area (Å²) in [6.07, 6.45) is 2.23. The lowest BCUT2D eigenvalue weighted by atomic mass is 9.82. The van der Waals surface area contributed by atoms with Crippen molar-refractivity contribution in [2.24, 2.45) is 11.7 Å². The number of nitrogens with two attached hydrogens (primary N) is 1. The quantitative estimate of drug-likeness (QED) is 0.446. The Hall–Kier alpha value is -3.24. The molecule has 4 atom stereocenters. The van der Waals surface area contributed by atoms with E-state index in [-0.39, 0.29) is 41.5 Å². The molecule has 0 saturated carbocycles. The highest BCUT2D eigenvalue weighted by Crippen LogP contribution is 2.55. The largest absolute Gasteiger partial charge is 0.449 e. The predicted molar refractivity (Wildman–Crippen MR) is 104 cm³/mol. The number of hydrogen-bond donors (Lipinski definition) is 3. The van der Waals surface area contributed by atoms with E-state index in [1.807, 2.05) is 4.90 Å². The summed E-state index contributed by atoms with van der Waals surface area (Å²) < 4.78 is 11.0. The Labute approximate surface area is 172 Å². The summed E-state index contributed by atoms with van der Waals surface area (Å²) in [6.45, 7) is 1.99. The Kier molecular flexibility index (Phi) is 3.99. The first-order valence-electron chi connectivity index (χ1n) is 9.62. The molecule has 10 heteroatoms. The van der Waals surface area contributed by atoms with Gasteiger partial charge in [-0.15, -0.1) is 0 Å². The standard InChI is InChI=1S/C20H21N5O5/c1-9-14(23-10-4-3-5-22-6-10)17(27)13-11(8-30-19(21)28)20(29-2)18-12(24-18)7-25(20)15(13)16(9)26/h3-6,11-12,18,23-24H,7-8H2,1-2H3,(H2,21,28)/t11-,12+,18+,20?/m0/s1. The lowest BCUT2D eigenvalue weighted by molar-refractivity contribution is -0.137. The summed E-state index contributed by atoms with van der Waals surface area (Å²) in [7, 11) is 1.54. The van der Waals surface area contributed by atoms with Crippen molar-refractivity contribution in [1.29, 1.82) is 0 Å². The van der Waals surface area contributed by atoms with Gasteiger partial charge in [0.2, 0.25) is 11.6 Å². The molecule has 4 N–H and O–H groups in total. The third-order valence-corrected chi connectivity index (χ3v) is 6.36. The number of pyridine rings is 1. The number of nitrogens with one attached hydrogen (secondary N) is 2. The fourth-order valence-corrected chi connectivity index (χ4v) is 5.02. The molecule has 0 aromatic carbocycles. The Morgan fingerprint density at radius 1 is 1.43 bits per heavy atom. The van der Waals surface area contributed by atoms with Gasteiger partial charge in [-0.3, -0.25) is 14.6 Å². The van der Waals surface area contributed by atoms with Gasteiger partial charge in [0.1, 0.15) is 6.61 Å². The van der Waals surface area contributed by atoms with Crippen LogP contribution in [0.2, 0.25) is 0 Å². The van der Waals surface area contributed by atoms with E-state index in [1.54, 1.807) is 31.5 Å². The molecule has 0 spiro atoms. The van der Waals surface area contributed by atoms with E-state index >= 15 is 0 Å². The molecular formula is C20H21N5O5. The van der Waals surface area contributed by atoms with Crippen molar-refractivity contribution in [1.82, 2.24) is 15.2 Å². The molecule has 2 saturated heterocycles. The third kappa shape index (κ3) is 2.37. The van der Waals surface area contributed by atoms with E-state index in [1.165, 1.54) is 7.11 Å². The number of fused-ring (bicyclic) bond motifs is 4. The van der Waals surface area contributed by atoms with Gasteiger partial charge in [0.15, 0.2) is 5.72 Å². The minimum Gasteiger partial charge on any atom is -0.449 e. The Morgan fingerprint density at radius 3 is 2.90 bits per heavy atom. The molecule has 2 fully saturated rings. The molecule has 4 heterocycles. The molecule has 1 aliphatic carbocycles. The van der Waals surface area contributed by atoms with Gasteiger partial charge in [-0.25, -0.2) is 4.79 Å². The third-order valence-electron chi connectivity index (χ3n) is 6.36. The number of piperazine rings is 1. The summed E-state index contributed by atoms with van der Waals surface area (Å²) >= 11 is 0. The second-order valence-corrected chi connectivity index (χ2v) is 7.79. The van der Waals surface area contributed by atoms with Crippen LogP contribution in [0.4, 0.5) is 10.5 Å². The minimum atomic E-state index is -0.986. The molecule has 5 rings (SSSR count). The van der Waals surface area contributed by atoms with Crippen LogP contribution in [0.25, 0.3) is 0 Å². The number of hydrogen-bond acceptors (Lipinski definition) is 9. The van der Waals surface area contributed by atoms with Gasteiger partial charge in [0.25, 0.3) is 0 Å². The van der Waals surface area contributed by atoms with Crippen molar-refractivity contribution in [3.8, 4) is 0 Å². The first-order valence-corrected chi connectivity index (χ1v) is 9.62. The highest BCUT2D eigenvalue weighted by molar-refractivity contribution is 6.26. The van der Waals surface area contributed by atoms with Gasteiger partial charge in [-0.2, -0.15) is 0 Å². The first-order chi connectivity index (χ1) is 14.4. The van der Waals surface area contributed by atoms with E-state index in [0.29, 0.717) is 23.5 Å².